The van der Waals surface area contributed by atoms with Gasteiger partial charge in [-0.05, 0) is 89.7 Å². The van der Waals surface area contributed by atoms with Gasteiger partial charge >= 0.3 is 0 Å². The van der Waals surface area contributed by atoms with Crippen molar-refractivity contribution in [1.82, 2.24) is 0 Å². The summed E-state index contributed by atoms with van der Waals surface area (Å²) in [5.41, 5.74) is 0.411. The van der Waals surface area contributed by atoms with Gasteiger partial charge < -0.3 is 4.74 Å². The van der Waals surface area contributed by atoms with Crippen LogP contribution < -0.4 is 0 Å². The van der Waals surface area contributed by atoms with Crippen molar-refractivity contribution in [1.29, 1.82) is 0 Å². The van der Waals surface area contributed by atoms with E-state index in [0.29, 0.717) is 34.9 Å². The highest BCUT2D eigenvalue weighted by atomic mass is 19.2. The zero-order valence-corrected chi connectivity index (χ0v) is 19.2. The van der Waals surface area contributed by atoms with E-state index in [1.807, 2.05) is 0 Å². The summed E-state index contributed by atoms with van der Waals surface area (Å²) in [5, 5.41) is 0.849. The van der Waals surface area contributed by atoms with Gasteiger partial charge in [0, 0.05) is 18.2 Å². The summed E-state index contributed by atoms with van der Waals surface area (Å²) in [6.45, 7) is 0.325. The van der Waals surface area contributed by atoms with Crippen LogP contribution in [-0.4, -0.2) is 13.7 Å². The minimum atomic E-state index is -1.01. The fourth-order valence-electron chi connectivity index (χ4n) is 3.87. The predicted molar refractivity (Wildman–Crippen MR) is 126 cm³/mol. The lowest BCUT2D eigenvalue weighted by Crippen LogP contribution is -2.04. The second kappa shape index (κ2) is 10.9. The highest BCUT2D eigenvalue weighted by Gasteiger charge is 2.14. The first-order valence-electron chi connectivity index (χ1n) is 11.1. The van der Waals surface area contributed by atoms with E-state index < -0.39 is 40.5 Å². The van der Waals surface area contributed by atoms with Crippen LogP contribution in [0, 0.1) is 46.7 Å². The predicted octanol–water partition coefficient (Wildman–Crippen LogP) is 7.05. The normalized spacial score (nSPS) is 11.0. The van der Waals surface area contributed by atoms with Gasteiger partial charge in [-0.2, -0.15) is 0 Å². The quantitative estimate of drug-likeness (QED) is 0.205. The van der Waals surface area contributed by atoms with Crippen LogP contribution in [-0.2, 0) is 24.0 Å². The molecule has 0 aliphatic carbocycles. The molecule has 0 saturated carbocycles. The first-order valence-corrected chi connectivity index (χ1v) is 11.1. The molecule has 0 aliphatic heterocycles. The third-order valence-electron chi connectivity index (χ3n) is 5.77. The molecular weight excluding hydrogens is 478 g/mol. The Hall–Kier alpha value is -3.76. The van der Waals surface area contributed by atoms with E-state index in [1.54, 1.807) is 0 Å². The van der Waals surface area contributed by atoms with Gasteiger partial charge in [-0.25, -0.2) is 26.3 Å². The van der Waals surface area contributed by atoms with Gasteiger partial charge in [-0.3, -0.25) is 0 Å². The first-order chi connectivity index (χ1) is 17.2. The van der Waals surface area contributed by atoms with Crippen LogP contribution in [0.1, 0.15) is 27.8 Å². The van der Waals surface area contributed by atoms with Gasteiger partial charge in [-0.15, -0.1) is 0 Å². The molecule has 0 fully saturated rings. The Balaban J connectivity index is 1.52. The van der Waals surface area contributed by atoms with Crippen molar-refractivity contribution in [2.24, 2.45) is 0 Å². The van der Waals surface area contributed by atoms with Crippen molar-refractivity contribution in [2.45, 2.75) is 19.3 Å². The summed E-state index contributed by atoms with van der Waals surface area (Å²) in [7, 11) is 1.49. The lowest BCUT2D eigenvalue weighted by molar-refractivity contribution is 0.202. The standard InChI is InChI=1S/C29H20F6O/c1-36-9-8-19-13-26(32)23(27(33)14-19)7-4-18-11-24(30)22(25(31)12-18)6-3-17-2-5-20-15-28(34)29(35)16-21(20)10-17/h2,5,10-16H,4,7-9H2,1H3. The molecule has 0 saturated heterocycles. The van der Waals surface area contributed by atoms with Crippen LogP contribution in [0.3, 0.4) is 0 Å². The molecule has 0 atom stereocenters. The van der Waals surface area contributed by atoms with Crippen molar-refractivity contribution < 1.29 is 31.1 Å². The van der Waals surface area contributed by atoms with Crippen LogP contribution in [0.25, 0.3) is 10.8 Å². The number of aryl methyl sites for hydroxylation is 1. The molecule has 4 aromatic carbocycles. The van der Waals surface area contributed by atoms with Gasteiger partial charge in [0.15, 0.2) is 11.6 Å². The maximum absolute atomic E-state index is 14.6. The molecule has 0 aromatic heterocycles. The van der Waals surface area contributed by atoms with Crippen LogP contribution >= 0.6 is 0 Å². The fourth-order valence-corrected chi connectivity index (χ4v) is 3.87. The molecule has 0 aliphatic rings. The second-order valence-corrected chi connectivity index (χ2v) is 8.29. The smallest absolute Gasteiger partial charge is 0.159 e. The van der Waals surface area contributed by atoms with E-state index in [0.717, 1.165) is 24.3 Å². The summed E-state index contributed by atoms with van der Waals surface area (Å²) >= 11 is 0. The number of halogens is 6. The number of methoxy groups -OCH3 is 1. The number of benzene rings is 4. The van der Waals surface area contributed by atoms with E-state index in [-0.39, 0.29) is 24.0 Å². The summed E-state index contributed by atoms with van der Waals surface area (Å²) in [6, 6.07) is 11.2. The van der Waals surface area contributed by atoms with Crippen LogP contribution in [0.15, 0.2) is 54.6 Å². The number of hydrogen-bond donors (Lipinski definition) is 0. The first kappa shape index (κ1) is 25.3. The van der Waals surface area contributed by atoms with Gasteiger partial charge in [0.1, 0.15) is 23.3 Å². The van der Waals surface area contributed by atoms with Crippen molar-refractivity contribution in [3.63, 3.8) is 0 Å². The van der Waals surface area contributed by atoms with Crippen LogP contribution in [0.4, 0.5) is 26.3 Å². The Kier molecular flexibility index (Phi) is 7.66. The molecule has 4 aromatic rings. The van der Waals surface area contributed by atoms with Crippen molar-refractivity contribution in [3.05, 3.63) is 117 Å². The van der Waals surface area contributed by atoms with Gasteiger partial charge in [0.2, 0.25) is 0 Å². The number of ether oxygens (including phenoxy) is 1. The molecule has 0 heterocycles. The minimum absolute atomic E-state index is 0.0135. The number of fused-ring (bicyclic) bond motifs is 1. The second-order valence-electron chi connectivity index (χ2n) is 8.29. The maximum Gasteiger partial charge on any atom is 0.159 e. The molecule has 1 nitrogen and oxygen atoms in total. The SMILES string of the molecule is COCCc1cc(F)c(CCc2cc(F)c(C#Cc3ccc4cc(F)c(F)cc4c3)c(F)c2)c(F)c1. The third kappa shape index (κ3) is 5.72. The molecule has 0 N–H and O–H groups in total. The average Bonchev–Trinajstić information content (AvgIpc) is 2.82. The fraction of sp³-hybridized carbons (Fsp3) is 0.172. The molecule has 36 heavy (non-hydrogen) atoms. The Morgan fingerprint density at radius 3 is 1.81 bits per heavy atom. The zero-order valence-electron chi connectivity index (χ0n) is 19.2. The van der Waals surface area contributed by atoms with E-state index >= 15 is 0 Å². The molecule has 0 radical (unpaired) electrons. The highest BCUT2D eigenvalue weighted by molar-refractivity contribution is 5.84. The Labute approximate surface area is 204 Å². The topological polar surface area (TPSA) is 9.23 Å². The molecular formula is C29H20F6O. The summed E-state index contributed by atoms with van der Waals surface area (Å²) in [6.07, 6.45) is 0.290. The molecule has 184 valence electrons. The Bertz CT molecular complexity index is 1450. The van der Waals surface area contributed by atoms with Gasteiger partial charge in [0.05, 0.1) is 12.2 Å². The number of rotatable bonds is 6. The largest absolute Gasteiger partial charge is 0.384 e. The monoisotopic (exact) mass is 498 g/mol. The number of hydrogen-bond acceptors (Lipinski definition) is 1. The summed E-state index contributed by atoms with van der Waals surface area (Å²) in [4.78, 5) is 0. The average molecular weight is 498 g/mol. The highest BCUT2D eigenvalue weighted by Crippen LogP contribution is 2.22. The van der Waals surface area contributed by atoms with E-state index in [1.165, 1.54) is 37.4 Å². The molecule has 0 spiro atoms. The molecule has 4 rings (SSSR count). The Morgan fingerprint density at radius 2 is 1.17 bits per heavy atom. The van der Waals surface area contributed by atoms with Crippen molar-refractivity contribution in [2.75, 3.05) is 13.7 Å². The zero-order chi connectivity index (χ0) is 25.8. The minimum Gasteiger partial charge on any atom is -0.384 e. The molecule has 7 heteroatoms. The lowest BCUT2D eigenvalue weighted by atomic mass is 9.99. The third-order valence-corrected chi connectivity index (χ3v) is 5.77. The van der Waals surface area contributed by atoms with Gasteiger partial charge in [0.25, 0.3) is 0 Å². The van der Waals surface area contributed by atoms with Crippen LogP contribution in [0.5, 0.6) is 0 Å². The molecule has 0 bridgehead atoms. The van der Waals surface area contributed by atoms with E-state index in [9.17, 15) is 26.3 Å². The van der Waals surface area contributed by atoms with Gasteiger partial charge in [-0.1, -0.05) is 17.9 Å². The summed E-state index contributed by atoms with van der Waals surface area (Å²) in [5.74, 6) is -0.199. The van der Waals surface area contributed by atoms with E-state index in [2.05, 4.69) is 11.8 Å². The Morgan fingerprint density at radius 1 is 0.583 bits per heavy atom. The summed E-state index contributed by atoms with van der Waals surface area (Å²) < 4.78 is 89.8. The van der Waals surface area contributed by atoms with Crippen molar-refractivity contribution in [3.8, 4) is 11.8 Å². The molecule has 0 amide bonds. The molecule has 0 unspecified atom stereocenters. The van der Waals surface area contributed by atoms with Crippen molar-refractivity contribution >= 4 is 10.8 Å². The van der Waals surface area contributed by atoms with Crippen LogP contribution in [0.2, 0.25) is 0 Å². The lowest BCUT2D eigenvalue weighted by Gasteiger charge is -2.09. The maximum atomic E-state index is 14.6. The van der Waals surface area contributed by atoms with E-state index in [4.69, 9.17) is 4.74 Å².